The fraction of sp³-hybridized carbons (Fsp3) is 0.350. The number of nitrogens with zero attached hydrogens (tertiary/aromatic N) is 6. The SMILES string of the molecule is Cn1c(=O)cc(N2CCC(Oc3ccnc(C(F)(F)F)n3)CC2)c2nc(C#N)ccc21. The summed E-state index contributed by atoms with van der Waals surface area (Å²) in [5.41, 5.74) is 1.82. The Morgan fingerprint density at radius 1 is 1.19 bits per heavy atom. The molecule has 1 fully saturated rings. The molecule has 0 aromatic carbocycles. The van der Waals surface area contributed by atoms with Crippen LogP contribution in [0.5, 0.6) is 5.88 Å². The monoisotopic (exact) mass is 430 g/mol. The van der Waals surface area contributed by atoms with Crippen molar-refractivity contribution in [2.75, 3.05) is 18.0 Å². The number of piperidine rings is 1. The van der Waals surface area contributed by atoms with Gasteiger partial charge in [0.15, 0.2) is 0 Å². The summed E-state index contributed by atoms with van der Waals surface area (Å²) in [5, 5.41) is 9.17. The number of fused-ring (bicyclic) bond motifs is 1. The molecule has 4 heterocycles. The molecular formula is C20H17F3N6O2. The highest BCUT2D eigenvalue weighted by Gasteiger charge is 2.35. The number of anilines is 1. The molecule has 4 rings (SSSR count). The molecule has 0 radical (unpaired) electrons. The van der Waals surface area contributed by atoms with E-state index in [1.807, 2.05) is 11.0 Å². The van der Waals surface area contributed by atoms with Gasteiger partial charge in [-0.05, 0) is 12.1 Å². The Balaban J connectivity index is 1.53. The van der Waals surface area contributed by atoms with Crippen LogP contribution in [0.1, 0.15) is 24.4 Å². The molecular weight excluding hydrogens is 413 g/mol. The minimum absolute atomic E-state index is 0.125. The van der Waals surface area contributed by atoms with E-state index in [1.165, 1.54) is 16.7 Å². The van der Waals surface area contributed by atoms with Crippen LogP contribution in [0.15, 0.2) is 35.3 Å². The minimum atomic E-state index is -4.64. The van der Waals surface area contributed by atoms with Gasteiger partial charge in [0.1, 0.15) is 23.4 Å². The zero-order chi connectivity index (χ0) is 22.2. The molecule has 0 saturated carbocycles. The highest BCUT2D eigenvalue weighted by atomic mass is 19.4. The molecule has 1 aliphatic rings. The smallest absolute Gasteiger partial charge is 0.451 e. The summed E-state index contributed by atoms with van der Waals surface area (Å²) in [4.78, 5) is 25.4. The third-order valence-corrected chi connectivity index (χ3v) is 5.14. The molecule has 3 aromatic rings. The molecule has 0 bridgehead atoms. The van der Waals surface area contributed by atoms with Crippen molar-refractivity contribution < 1.29 is 17.9 Å². The number of aromatic nitrogens is 4. The first-order chi connectivity index (χ1) is 14.8. The van der Waals surface area contributed by atoms with Crippen molar-refractivity contribution in [3.05, 3.63) is 52.3 Å². The van der Waals surface area contributed by atoms with Gasteiger partial charge in [-0.25, -0.2) is 9.97 Å². The fourth-order valence-corrected chi connectivity index (χ4v) is 3.54. The van der Waals surface area contributed by atoms with Crippen LogP contribution in [0.4, 0.5) is 18.9 Å². The lowest BCUT2D eigenvalue weighted by Crippen LogP contribution is -2.39. The van der Waals surface area contributed by atoms with Gasteiger partial charge in [-0.2, -0.15) is 23.4 Å². The molecule has 8 nitrogen and oxygen atoms in total. The topological polar surface area (TPSA) is 96.9 Å². The zero-order valence-electron chi connectivity index (χ0n) is 16.4. The summed E-state index contributed by atoms with van der Waals surface area (Å²) in [7, 11) is 1.64. The predicted molar refractivity (Wildman–Crippen MR) is 105 cm³/mol. The van der Waals surface area contributed by atoms with E-state index in [9.17, 15) is 23.2 Å². The lowest BCUT2D eigenvalue weighted by molar-refractivity contribution is -0.145. The minimum Gasteiger partial charge on any atom is -0.474 e. The highest BCUT2D eigenvalue weighted by Crippen LogP contribution is 2.29. The molecule has 0 spiro atoms. The van der Waals surface area contributed by atoms with Crippen LogP contribution in [0.2, 0.25) is 0 Å². The molecule has 0 unspecified atom stereocenters. The van der Waals surface area contributed by atoms with Gasteiger partial charge in [0.25, 0.3) is 5.56 Å². The Labute approximate surface area is 174 Å². The van der Waals surface area contributed by atoms with Crippen molar-refractivity contribution in [3.63, 3.8) is 0 Å². The van der Waals surface area contributed by atoms with E-state index in [0.29, 0.717) is 42.7 Å². The van der Waals surface area contributed by atoms with E-state index < -0.39 is 12.0 Å². The van der Waals surface area contributed by atoms with Crippen molar-refractivity contribution >= 4 is 16.7 Å². The van der Waals surface area contributed by atoms with E-state index in [0.717, 1.165) is 6.20 Å². The number of pyridine rings is 2. The first-order valence-corrected chi connectivity index (χ1v) is 9.49. The van der Waals surface area contributed by atoms with Crippen LogP contribution in [-0.2, 0) is 13.2 Å². The molecule has 0 aliphatic carbocycles. The Hall–Kier alpha value is -3.68. The van der Waals surface area contributed by atoms with Gasteiger partial charge in [-0.3, -0.25) is 4.79 Å². The summed E-state index contributed by atoms with van der Waals surface area (Å²) < 4.78 is 45.5. The normalized spacial score (nSPS) is 15.1. The van der Waals surface area contributed by atoms with E-state index in [-0.39, 0.29) is 23.2 Å². The number of rotatable bonds is 3. The maximum atomic E-state index is 12.8. The number of aryl methyl sites for hydroxylation is 1. The van der Waals surface area contributed by atoms with Crippen molar-refractivity contribution in [2.24, 2.45) is 7.05 Å². The summed E-state index contributed by atoms with van der Waals surface area (Å²) >= 11 is 0. The van der Waals surface area contributed by atoms with Gasteiger partial charge < -0.3 is 14.2 Å². The molecule has 3 aromatic heterocycles. The number of ether oxygens (including phenoxy) is 1. The van der Waals surface area contributed by atoms with Crippen LogP contribution in [0, 0.1) is 11.3 Å². The second-order valence-corrected chi connectivity index (χ2v) is 7.12. The van der Waals surface area contributed by atoms with Crippen LogP contribution in [0.25, 0.3) is 11.0 Å². The van der Waals surface area contributed by atoms with E-state index in [1.54, 1.807) is 19.2 Å². The summed E-state index contributed by atoms with van der Waals surface area (Å²) in [6.45, 7) is 1.01. The van der Waals surface area contributed by atoms with E-state index in [2.05, 4.69) is 15.0 Å². The maximum absolute atomic E-state index is 12.8. The van der Waals surface area contributed by atoms with Gasteiger partial charge in [0.2, 0.25) is 11.7 Å². The first-order valence-electron chi connectivity index (χ1n) is 9.49. The first kappa shape index (κ1) is 20.6. The second kappa shape index (κ2) is 7.86. The number of hydrogen-bond donors (Lipinski definition) is 0. The number of hydrogen-bond acceptors (Lipinski definition) is 7. The largest absolute Gasteiger partial charge is 0.474 e. The van der Waals surface area contributed by atoms with Crippen molar-refractivity contribution in [1.29, 1.82) is 5.26 Å². The van der Waals surface area contributed by atoms with Gasteiger partial charge in [-0.1, -0.05) is 0 Å². The predicted octanol–water partition coefficient (Wildman–Crippen LogP) is 2.66. The van der Waals surface area contributed by atoms with E-state index >= 15 is 0 Å². The van der Waals surface area contributed by atoms with Crippen LogP contribution >= 0.6 is 0 Å². The third-order valence-electron chi connectivity index (χ3n) is 5.14. The van der Waals surface area contributed by atoms with Crippen LogP contribution in [0.3, 0.4) is 0 Å². The number of alkyl halides is 3. The fourth-order valence-electron chi connectivity index (χ4n) is 3.54. The standard InChI is InChI=1S/C20H17F3N6O2/c1-28-14-3-2-12(11-24)26-18(14)15(10-17(28)30)29-8-5-13(6-9-29)31-16-4-7-25-19(27-16)20(21,22)23/h2-4,7,10,13H,5-6,8-9H2,1H3. The quantitative estimate of drug-likeness (QED) is 0.630. The lowest BCUT2D eigenvalue weighted by Gasteiger charge is -2.33. The number of halogens is 3. The molecule has 1 aliphatic heterocycles. The van der Waals surface area contributed by atoms with E-state index in [4.69, 9.17) is 4.74 Å². The van der Waals surface area contributed by atoms with Crippen LogP contribution < -0.4 is 15.2 Å². The Kier molecular flexibility index (Phi) is 5.22. The van der Waals surface area contributed by atoms with Crippen molar-refractivity contribution in [3.8, 4) is 11.9 Å². The molecule has 0 atom stereocenters. The Bertz CT molecular complexity index is 1230. The average molecular weight is 430 g/mol. The third kappa shape index (κ3) is 4.14. The summed E-state index contributed by atoms with van der Waals surface area (Å²) in [6, 6.07) is 8.03. The van der Waals surface area contributed by atoms with Gasteiger partial charge in [0, 0.05) is 51.3 Å². The Morgan fingerprint density at radius 3 is 2.61 bits per heavy atom. The molecule has 160 valence electrons. The highest BCUT2D eigenvalue weighted by molar-refractivity contribution is 5.88. The second-order valence-electron chi connectivity index (χ2n) is 7.12. The zero-order valence-corrected chi connectivity index (χ0v) is 16.4. The molecule has 0 N–H and O–H groups in total. The van der Waals surface area contributed by atoms with Crippen LogP contribution in [-0.4, -0.2) is 38.7 Å². The summed E-state index contributed by atoms with van der Waals surface area (Å²) in [6.07, 6.45) is -2.92. The molecule has 11 heteroatoms. The van der Waals surface area contributed by atoms with Crippen molar-refractivity contribution in [2.45, 2.75) is 25.1 Å². The lowest BCUT2D eigenvalue weighted by atomic mass is 10.1. The average Bonchev–Trinajstić information content (AvgIpc) is 2.76. The van der Waals surface area contributed by atoms with Gasteiger partial charge in [-0.15, -0.1) is 0 Å². The molecule has 0 amide bonds. The van der Waals surface area contributed by atoms with Gasteiger partial charge in [0.05, 0.1) is 11.2 Å². The maximum Gasteiger partial charge on any atom is 0.451 e. The van der Waals surface area contributed by atoms with Crippen molar-refractivity contribution in [1.82, 2.24) is 19.5 Å². The van der Waals surface area contributed by atoms with Gasteiger partial charge >= 0.3 is 6.18 Å². The molecule has 1 saturated heterocycles. The number of nitriles is 1. The molecule has 31 heavy (non-hydrogen) atoms. The summed E-state index contributed by atoms with van der Waals surface area (Å²) in [5.74, 6) is -1.37. The Morgan fingerprint density at radius 2 is 1.94 bits per heavy atom.